The Kier molecular flexibility index (Phi) is 4.99. The molecule has 1 amide bonds. The van der Waals surface area contributed by atoms with Gasteiger partial charge in [0.2, 0.25) is 15.9 Å². The summed E-state index contributed by atoms with van der Waals surface area (Å²) in [5, 5.41) is 2.87. The fourth-order valence-electron chi connectivity index (χ4n) is 1.50. The standard InChI is InChI=1S/C11H15BrN2O3S2/c12-9-5-6-11(18-9)19(16,17)13-7-1-2-10(15)14-8-3-4-8/h5-6,8,13H,1-4,7H2,(H,14,15). The van der Waals surface area contributed by atoms with Crippen LogP contribution in [0.15, 0.2) is 20.1 Å². The molecule has 1 aromatic rings. The van der Waals surface area contributed by atoms with Gasteiger partial charge in [-0.1, -0.05) is 0 Å². The van der Waals surface area contributed by atoms with E-state index in [2.05, 4.69) is 26.0 Å². The maximum Gasteiger partial charge on any atom is 0.250 e. The van der Waals surface area contributed by atoms with Gasteiger partial charge in [-0.2, -0.15) is 0 Å². The first-order chi connectivity index (χ1) is 8.97. The highest BCUT2D eigenvalue weighted by atomic mass is 79.9. The molecule has 1 fully saturated rings. The molecule has 1 aliphatic rings. The van der Waals surface area contributed by atoms with Gasteiger partial charge in [0, 0.05) is 19.0 Å². The molecule has 5 nitrogen and oxygen atoms in total. The molecule has 2 N–H and O–H groups in total. The van der Waals surface area contributed by atoms with Gasteiger partial charge in [-0.15, -0.1) is 11.3 Å². The number of halogens is 1. The van der Waals surface area contributed by atoms with E-state index in [0.29, 0.717) is 18.9 Å². The highest BCUT2D eigenvalue weighted by Crippen LogP contribution is 2.25. The van der Waals surface area contributed by atoms with Gasteiger partial charge in [0.25, 0.3) is 0 Å². The average Bonchev–Trinajstić information content (AvgIpc) is 3.03. The van der Waals surface area contributed by atoms with E-state index in [-0.39, 0.29) is 16.7 Å². The Morgan fingerprint density at radius 3 is 2.74 bits per heavy atom. The molecule has 1 saturated carbocycles. The van der Waals surface area contributed by atoms with Gasteiger partial charge in [0.15, 0.2) is 0 Å². The van der Waals surface area contributed by atoms with E-state index >= 15 is 0 Å². The smallest absolute Gasteiger partial charge is 0.250 e. The van der Waals surface area contributed by atoms with Crippen LogP contribution in [0.1, 0.15) is 25.7 Å². The van der Waals surface area contributed by atoms with Crippen LogP contribution < -0.4 is 10.0 Å². The fourth-order valence-corrected chi connectivity index (χ4v) is 4.62. The van der Waals surface area contributed by atoms with Crippen molar-refractivity contribution in [2.24, 2.45) is 0 Å². The zero-order valence-corrected chi connectivity index (χ0v) is 13.4. The van der Waals surface area contributed by atoms with Crippen molar-refractivity contribution in [1.82, 2.24) is 10.0 Å². The molecule has 2 rings (SSSR count). The second-order valence-electron chi connectivity index (χ2n) is 4.40. The zero-order valence-electron chi connectivity index (χ0n) is 10.2. The summed E-state index contributed by atoms with van der Waals surface area (Å²) in [4.78, 5) is 11.4. The van der Waals surface area contributed by atoms with E-state index in [0.717, 1.165) is 28.0 Å². The van der Waals surface area contributed by atoms with E-state index in [1.165, 1.54) is 0 Å². The van der Waals surface area contributed by atoms with Crippen LogP contribution in [0.5, 0.6) is 0 Å². The molecular weight excluding hydrogens is 352 g/mol. The van der Waals surface area contributed by atoms with E-state index in [9.17, 15) is 13.2 Å². The summed E-state index contributed by atoms with van der Waals surface area (Å²) in [7, 11) is -3.44. The lowest BCUT2D eigenvalue weighted by Gasteiger charge is -2.05. The van der Waals surface area contributed by atoms with Crippen LogP contribution in [-0.4, -0.2) is 26.9 Å². The number of hydrogen-bond donors (Lipinski definition) is 2. The lowest BCUT2D eigenvalue weighted by Crippen LogP contribution is -2.28. The number of thiophene rings is 1. The Morgan fingerprint density at radius 2 is 2.16 bits per heavy atom. The second kappa shape index (κ2) is 6.34. The van der Waals surface area contributed by atoms with Crippen molar-refractivity contribution < 1.29 is 13.2 Å². The van der Waals surface area contributed by atoms with Crippen molar-refractivity contribution in [2.75, 3.05) is 6.54 Å². The Hall–Kier alpha value is -0.440. The van der Waals surface area contributed by atoms with Gasteiger partial charge in [-0.05, 0) is 47.3 Å². The molecule has 8 heteroatoms. The average molecular weight is 367 g/mol. The minimum atomic E-state index is -3.44. The van der Waals surface area contributed by atoms with Crippen LogP contribution in [0.4, 0.5) is 0 Å². The highest BCUT2D eigenvalue weighted by molar-refractivity contribution is 9.11. The van der Waals surface area contributed by atoms with E-state index < -0.39 is 10.0 Å². The van der Waals surface area contributed by atoms with Crippen LogP contribution in [0.3, 0.4) is 0 Å². The van der Waals surface area contributed by atoms with Gasteiger partial charge in [-0.3, -0.25) is 4.79 Å². The normalized spacial score (nSPS) is 15.4. The Morgan fingerprint density at radius 1 is 1.42 bits per heavy atom. The molecule has 0 bridgehead atoms. The fraction of sp³-hybridized carbons (Fsp3) is 0.545. The maximum absolute atomic E-state index is 11.9. The molecule has 0 radical (unpaired) electrons. The molecule has 0 unspecified atom stereocenters. The van der Waals surface area contributed by atoms with Gasteiger partial charge in [0.1, 0.15) is 4.21 Å². The summed E-state index contributed by atoms with van der Waals surface area (Å²) in [6.07, 6.45) is 2.98. The largest absolute Gasteiger partial charge is 0.353 e. The summed E-state index contributed by atoms with van der Waals surface area (Å²) in [5.74, 6) is 0.000524. The van der Waals surface area contributed by atoms with Crippen molar-refractivity contribution in [2.45, 2.75) is 35.9 Å². The predicted octanol–water partition coefficient (Wildman–Crippen LogP) is 1.85. The summed E-state index contributed by atoms with van der Waals surface area (Å²) < 4.78 is 27.3. The van der Waals surface area contributed by atoms with Crippen LogP contribution in [0.2, 0.25) is 0 Å². The van der Waals surface area contributed by atoms with Gasteiger partial charge >= 0.3 is 0 Å². The molecule has 0 aromatic carbocycles. The first-order valence-electron chi connectivity index (χ1n) is 6.02. The van der Waals surface area contributed by atoms with Crippen molar-refractivity contribution >= 4 is 43.2 Å². The lowest BCUT2D eigenvalue weighted by atomic mass is 10.3. The third kappa shape index (κ3) is 4.87. The number of hydrogen-bond acceptors (Lipinski definition) is 4. The minimum Gasteiger partial charge on any atom is -0.353 e. The molecule has 19 heavy (non-hydrogen) atoms. The third-order valence-corrected chi connectivity index (χ3v) is 6.21. The number of rotatable bonds is 7. The molecule has 0 aliphatic heterocycles. The molecule has 1 aromatic heterocycles. The van der Waals surface area contributed by atoms with E-state index in [4.69, 9.17) is 0 Å². The summed E-state index contributed by atoms with van der Waals surface area (Å²) >= 11 is 4.39. The quantitative estimate of drug-likeness (QED) is 0.723. The summed E-state index contributed by atoms with van der Waals surface area (Å²) in [6, 6.07) is 3.60. The second-order valence-corrected chi connectivity index (χ2v) is 8.86. The highest BCUT2D eigenvalue weighted by Gasteiger charge is 2.23. The first-order valence-corrected chi connectivity index (χ1v) is 9.11. The van der Waals surface area contributed by atoms with E-state index in [1.807, 2.05) is 0 Å². The lowest BCUT2D eigenvalue weighted by molar-refractivity contribution is -0.121. The number of carbonyl (C=O) groups excluding carboxylic acids is 1. The third-order valence-electron chi connectivity index (χ3n) is 2.63. The molecule has 106 valence electrons. The minimum absolute atomic E-state index is 0.000524. The summed E-state index contributed by atoms with van der Waals surface area (Å²) in [5.41, 5.74) is 0. The maximum atomic E-state index is 11.9. The number of sulfonamides is 1. The Labute approximate surface area is 125 Å². The van der Waals surface area contributed by atoms with Crippen molar-refractivity contribution in [3.63, 3.8) is 0 Å². The number of amides is 1. The van der Waals surface area contributed by atoms with Crippen molar-refractivity contribution in [1.29, 1.82) is 0 Å². The monoisotopic (exact) mass is 366 g/mol. The van der Waals surface area contributed by atoms with Crippen molar-refractivity contribution in [3.8, 4) is 0 Å². The molecule has 1 aliphatic carbocycles. The van der Waals surface area contributed by atoms with Crippen molar-refractivity contribution in [3.05, 3.63) is 15.9 Å². The van der Waals surface area contributed by atoms with Crippen LogP contribution in [-0.2, 0) is 14.8 Å². The SMILES string of the molecule is O=C(CCCNS(=O)(=O)c1ccc(Br)s1)NC1CC1. The summed E-state index contributed by atoms with van der Waals surface area (Å²) in [6.45, 7) is 0.274. The zero-order chi connectivity index (χ0) is 13.9. The molecular formula is C11H15BrN2O3S2. The molecule has 0 saturated heterocycles. The Bertz CT molecular complexity index is 552. The van der Waals surface area contributed by atoms with Crippen LogP contribution >= 0.6 is 27.3 Å². The van der Waals surface area contributed by atoms with Crippen LogP contribution in [0.25, 0.3) is 0 Å². The van der Waals surface area contributed by atoms with Crippen LogP contribution in [0, 0.1) is 0 Å². The topological polar surface area (TPSA) is 75.3 Å². The van der Waals surface area contributed by atoms with E-state index in [1.54, 1.807) is 12.1 Å². The predicted molar refractivity (Wildman–Crippen MR) is 77.6 cm³/mol. The number of carbonyl (C=O) groups is 1. The van der Waals surface area contributed by atoms with Gasteiger partial charge < -0.3 is 5.32 Å². The van der Waals surface area contributed by atoms with Gasteiger partial charge in [0.05, 0.1) is 3.79 Å². The first kappa shape index (κ1) is 15.0. The Balaban J connectivity index is 1.71. The molecule has 1 heterocycles. The molecule has 0 spiro atoms. The number of nitrogens with one attached hydrogen (secondary N) is 2. The molecule has 0 atom stereocenters. The van der Waals surface area contributed by atoms with Gasteiger partial charge in [-0.25, -0.2) is 13.1 Å².